The lowest BCUT2D eigenvalue weighted by atomic mass is 9.90. The van der Waals surface area contributed by atoms with Gasteiger partial charge < -0.3 is 10.5 Å². The van der Waals surface area contributed by atoms with Crippen molar-refractivity contribution in [1.29, 1.82) is 0 Å². The number of benzene rings is 4. The quantitative estimate of drug-likeness (QED) is 0.152. The molecule has 2 N–H and O–H groups in total. The predicted octanol–water partition coefficient (Wildman–Crippen LogP) is 7.05. The van der Waals surface area contributed by atoms with Gasteiger partial charge in [0.15, 0.2) is 0 Å². The van der Waals surface area contributed by atoms with E-state index in [1.807, 2.05) is 65.6 Å². The SMILES string of the molecule is NC(=O)c1cccc(OCCCN(Cc2cccc(C(F)(F)F)c2F)CC(c2ccccc2)c2ccccc2)c1. The van der Waals surface area contributed by atoms with E-state index in [0.29, 0.717) is 30.8 Å². The van der Waals surface area contributed by atoms with Gasteiger partial charge in [0.25, 0.3) is 0 Å². The van der Waals surface area contributed by atoms with E-state index in [2.05, 4.69) is 0 Å². The molecule has 1 amide bonds. The Labute approximate surface area is 231 Å². The van der Waals surface area contributed by atoms with Crippen LogP contribution in [-0.4, -0.2) is 30.5 Å². The minimum absolute atomic E-state index is 0.0108. The van der Waals surface area contributed by atoms with E-state index in [1.165, 1.54) is 12.1 Å². The molecule has 4 nitrogen and oxygen atoms in total. The second kappa shape index (κ2) is 13.3. The summed E-state index contributed by atoms with van der Waals surface area (Å²) >= 11 is 0. The third-order valence-electron chi connectivity index (χ3n) is 6.63. The smallest absolute Gasteiger partial charge is 0.419 e. The number of alkyl halides is 3. The first kappa shape index (κ1) is 28.8. The molecule has 0 radical (unpaired) electrons. The minimum atomic E-state index is -4.78. The van der Waals surface area contributed by atoms with Crippen molar-refractivity contribution in [3.63, 3.8) is 0 Å². The molecular formula is C32H30F4N2O2. The molecule has 0 saturated heterocycles. The largest absolute Gasteiger partial charge is 0.494 e. The summed E-state index contributed by atoms with van der Waals surface area (Å²) in [5, 5.41) is 0. The molecule has 4 rings (SSSR count). The van der Waals surface area contributed by atoms with Gasteiger partial charge in [-0.15, -0.1) is 0 Å². The van der Waals surface area contributed by atoms with Gasteiger partial charge in [0.05, 0.1) is 12.2 Å². The van der Waals surface area contributed by atoms with Crippen molar-refractivity contribution in [2.75, 3.05) is 19.7 Å². The van der Waals surface area contributed by atoms with Crippen LogP contribution in [0.2, 0.25) is 0 Å². The number of carbonyl (C=O) groups is 1. The molecule has 0 heterocycles. The fraction of sp³-hybridized carbons (Fsp3) is 0.219. The highest BCUT2D eigenvalue weighted by Crippen LogP contribution is 2.33. The van der Waals surface area contributed by atoms with Gasteiger partial charge >= 0.3 is 6.18 Å². The van der Waals surface area contributed by atoms with E-state index in [-0.39, 0.29) is 24.6 Å². The lowest BCUT2D eigenvalue weighted by Gasteiger charge is -2.29. The van der Waals surface area contributed by atoms with Crippen molar-refractivity contribution in [1.82, 2.24) is 4.90 Å². The van der Waals surface area contributed by atoms with Gasteiger partial charge in [-0.05, 0) is 41.8 Å². The van der Waals surface area contributed by atoms with Crippen LogP contribution in [-0.2, 0) is 12.7 Å². The number of halogens is 4. The van der Waals surface area contributed by atoms with Crippen LogP contribution < -0.4 is 10.5 Å². The maximum atomic E-state index is 15.0. The Morgan fingerprint density at radius 3 is 2.08 bits per heavy atom. The third-order valence-corrected chi connectivity index (χ3v) is 6.63. The summed E-state index contributed by atoms with van der Waals surface area (Å²) in [4.78, 5) is 13.4. The summed E-state index contributed by atoms with van der Waals surface area (Å²) in [6.45, 7) is 1.15. The summed E-state index contributed by atoms with van der Waals surface area (Å²) in [6.07, 6.45) is -4.27. The number of rotatable bonds is 12. The summed E-state index contributed by atoms with van der Waals surface area (Å²) in [7, 11) is 0. The Balaban J connectivity index is 1.56. The highest BCUT2D eigenvalue weighted by molar-refractivity contribution is 5.93. The summed E-state index contributed by atoms with van der Waals surface area (Å²) in [5.74, 6) is -1.43. The molecule has 0 unspecified atom stereocenters. The Morgan fingerprint density at radius 2 is 1.48 bits per heavy atom. The van der Waals surface area contributed by atoms with E-state index in [4.69, 9.17) is 10.5 Å². The number of nitrogens with zero attached hydrogens (tertiary/aromatic N) is 1. The zero-order valence-corrected chi connectivity index (χ0v) is 21.8. The second-order valence-electron chi connectivity index (χ2n) is 9.48. The molecule has 0 aromatic heterocycles. The van der Waals surface area contributed by atoms with Crippen molar-refractivity contribution >= 4 is 5.91 Å². The average molecular weight is 551 g/mol. The van der Waals surface area contributed by atoms with E-state index < -0.39 is 23.5 Å². The molecule has 0 bridgehead atoms. The highest BCUT2D eigenvalue weighted by atomic mass is 19.4. The molecular weight excluding hydrogens is 520 g/mol. The summed E-state index contributed by atoms with van der Waals surface area (Å²) < 4.78 is 61.0. The Morgan fingerprint density at radius 1 is 0.850 bits per heavy atom. The third kappa shape index (κ3) is 7.70. The first-order valence-corrected chi connectivity index (χ1v) is 12.9. The summed E-state index contributed by atoms with van der Waals surface area (Å²) in [6, 6.07) is 29.6. The maximum Gasteiger partial charge on any atom is 0.419 e. The molecule has 4 aromatic rings. The minimum Gasteiger partial charge on any atom is -0.494 e. The van der Waals surface area contributed by atoms with E-state index in [9.17, 15) is 18.0 Å². The summed E-state index contributed by atoms with van der Waals surface area (Å²) in [5.41, 5.74) is 6.46. The van der Waals surface area contributed by atoms with Crippen LogP contribution in [0, 0.1) is 5.82 Å². The number of hydrogen-bond acceptors (Lipinski definition) is 3. The fourth-order valence-corrected chi connectivity index (χ4v) is 4.65. The topological polar surface area (TPSA) is 55.6 Å². The van der Waals surface area contributed by atoms with Gasteiger partial charge in [0, 0.05) is 36.7 Å². The highest BCUT2D eigenvalue weighted by Gasteiger charge is 2.35. The normalized spacial score (nSPS) is 11.7. The van der Waals surface area contributed by atoms with E-state index in [0.717, 1.165) is 17.2 Å². The van der Waals surface area contributed by atoms with Crippen LogP contribution in [0.1, 0.15) is 45.0 Å². The monoisotopic (exact) mass is 550 g/mol. The fourth-order valence-electron chi connectivity index (χ4n) is 4.65. The molecule has 0 fully saturated rings. The van der Waals surface area contributed by atoms with E-state index >= 15 is 4.39 Å². The van der Waals surface area contributed by atoms with Crippen molar-refractivity contribution in [3.8, 4) is 5.75 Å². The maximum absolute atomic E-state index is 15.0. The van der Waals surface area contributed by atoms with Crippen LogP contribution in [0.15, 0.2) is 103 Å². The van der Waals surface area contributed by atoms with Crippen molar-refractivity contribution in [3.05, 3.63) is 137 Å². The van der Waals surface area contributed by atoms with Gasteiger partial charge in [0.2, 0.25) is 5.91 Å². The first-order chi connectivity index (χ1) is 19.2. The van der Waals surface area contributed by atoms with Crippen molar-refractivity contribution in [2.24, 2.45) is 5.73 Å². The van der Waals surface area contributed by atoms with Crippen LogP contribution in [0.3, 0.4) is 0 Å². The Hall–Kier alpha value is -4.17. The predicted molar refractivity (Wildman–Crippen MR) is 146 cm³/mol. The molecule has 208 valence electrons. The Kier molecular flexibility index (Phi) is 9.56. The zero-order valence-electron chi connectivity index (χ0n) is 21.8. The molecule has 0 saturated carbocycles. The van der Waals surface area contributed by atoms with E-state index in [1.54, 1.807) is 24.3 Å². The van der Waals surface area contributed by atoms with Gasteiger partial charge in [-0.2, -0.15) is 13.2 Å². The molecule has 0 spiro atoms. The van der Waals surface area contributed by atoms with Crippen molar-refractivity contribution in [2.45, 2.75) is 25.1 Å². The molecule has 0 aliphatic carbocycles. The second-order valence-corrected chi connectivity index (χ2v) is 9.48. The molecule has 4 aromatic carbocycles. The Bertz CT molecular complexity index is 1360. The van der Waals surface area contributed by atoms with Crippen LogP contribution >= 0.6 is 0 Å². The molecule has 40 heavy (non-hydrogen) atoms. The number of hydrogen-bond donors (Lipinski definition) is 1. The number of ether oxygens (including phenoxy) is 1. The zero-order chi connectivity index (χ0) is 28.5. The molecule has 0 aliphatic heterocycles. The lowest BCUT2D eigenvalue weighted by Crippen LogP contribution is -2.31. The van der Waals surface area contributed by atoms with Crippen LogP contribution in [0.25, 0.3) is 0 Å². The lowest BCUT2D eigenvalue weighted by molar-refractivity contribution is -0.140. The van der Waals surface area contributed by atoms with Gasteiger partial charge in [0.1, 0.15) is 11.6 Å². The standard InChI is InChI=1S/C32H30F4N2O2/c33-30-26(15-8-17-29(30)32(34,35)36)21-38(18-9-19-40-27-16-7-14-25(20-27)31(37)39)22-28(23-10-3-1-4-11-23)24-12-5-2-6-13-24/h1-8,10-17,20,28H,9,18-19,21-22H2,(H2,37,39). The molecule has 8 heteroatoms. The van der Waals surface area contributed by atoms with Crippen molar-refractivity contribution < 1.29 is 27.1 Å². The van der Waals surface area contributed by atoms with Gasteiger partial charge in [-0.1, -0.05) is 78.9 Å². The number of amides is 1. The number of primary amides is 1. The van der Waals surface area contributed by atoms with Crippen LogP contribution in [0.4, 0.5) is 17.6 Å². The average Bonchev–Trinajstić information content (AvgIpc) is 2.95. The number of carbonyl (C=O) groups excluding carboxylic acids is 1. The van der Waals surface area contributed by atoms with Gasteiger partial charge in [-0.3, -0.25) is 9.69 Å². The van der Waals surface area contributed by atoms with Gasteiger partial charge in [-0.25, -0.2) is 4.39 Å². The van der Waals surface area contributed by atoms with Crippen LogP contribution in [0.5, 0.6) is 5.75 Å². The molecule has 0 aliphatic rings. The molecule has 0 atom stereocenters. The first-order valence-electron chi connectivity index (χ1n) is 12.9. The number of nitrogens with two attached hydrogens (primary N) is 1.